The highest BCUT2D eigenvalue weighted by atomic mass is 16.5. The maximum absolute atomic E-state index is 12.4. The average molecular weight is 379 g/mol. The fraction of sp³-hybridized carbons (Fsp3) is 0.458. The molecule has 0 saturated carbocycles. The van der Waals surface area contributed by atoms with Gasteiger partial charge in [0.05, 0.1) is 12.1 Å². The van der Waals surface area contributed by atoms with Gasteiger partial charge in [-0.05, 0) is 42.0 Å². The van der Waals surface area contributed by atoms with Crippen molar-refractivity contribution in [3.8, 4) is 0 Å². The van der Waals surface area contributed by atoms with Gasteiger partial charge in [-0.15, -0.1) is 0 Å². The van der Waals surface area contributed by atoms with Crippen LogP contribution in [0.15, 0.2) is 54.6 Å². The number of carbonyl (C=O) groups is 1. The summed E-state index contributed by atoms with van der Waals surface area (Å²) < 4.78 is 6.09. The van der Waals surface area contributed by atoms with E-state index in [0.29, 0.717) is 12.5 Å². The Hall–Kier alpha value is -2.17. The van der Waals surface area contributed by atoms with Crippen LogP contribution in [0, 0.1) is 0 Å². The van der Waals surface area contributed by atoms with Crippen molar-refractivity contribution in [1.29, 1.82) is 0 Å². The summed E-state index contributed by atoms with van der Waals surface area (Å²) in [5.74, 6) is 0.632. The summed E-state index contributed by atoms with van der Waals surface area (Å²) in [6, 6.07) is 19.0. The smallest absolute Gasteiger partial charge is 0.253 e. The van der Waals surface area contributed by atoms with Crippen molar-refractivity contribution in [2.45, 2.75) is 44.8 Å². The SMILES string of the molecule is CC(C)c1ccc(CN2CCC3(CC2)CN(c2ccccc2)C(=O)CO3)cc1. The molecule has 0 bridgehead atoms. The second kappa shape index (κ2) is 8.06. The van der Waals surface area contributed by atoms with Gasteiger partial charge >= 0.3 is 0 Å². The van der Waals surface area contributed by atoms with E-state index in [-0.39, 0.29) is 18.1 Å². The molecule has 2 aromatic carbocycles. The Bertz CT molecular complexity index is 793. The largest absolute Gasteiger partial charge is 0.363 e. The number of amides is 1. The number of nitrogens with zero attached hydrogens (tertiary/aromatic N) is 2. The first-order chi connectivity index (χ1) is 13.5. The summed E-state index contributed by atoms with van der Waals surface area (Å²) >= 11 is 0. The highest BCUT2D eigenvalue weighted by Crippen LogP contribution is 2.33. The Balaban J connectivity index is 1.37. The van der Waals surface area contributed by atoms with Gasteiger partial charge in [-0.25, -0.2) is 0 Å². The average Bonchev–Trinajstić information content (AvgIpc) is 2.73. The quantitative estimate of drug-likeness (QED) is 0.799. The highest BCUT2D eigenvalue weighted by Gasteiger charge is 2.42. The minimum absolute atomic E-state index is 0.0597. The summed E-state index contributed by atoms with van der Waals surface area (Å²) in [5, 5.41) is 0. The second-order valence-corrected chi connectivity index (χ2v) is 8.46. The number of rotatable bonds is 4. The Morgan fingerprint density at radius 2 is 1.68 bits per heavy atom. The van der Waals surface area contributed by atoms with E-state index in [2.05, 4.69) is 43.0 Å². The van der Waals surface area contributed by atoms with Gasteiger partial charge in [0.25, 0.3) is 5.91 Å². The van der Waals surface area contributed by atoms with Crippen molar-refractivity contribution in [2.75, 3.05) is 31.1 Å². The number of carbonyl (C=O) groups excluding carboxylic acids is 1. The molecule has 4 rings (SSSR count). The third-order valence-electron chi connectivity index (χ3n) is 6.14. The summed E-state index contributed by atoms with van der Waals surface area (Å²) in [5.41, 5.74) is 3.53. The predicted octanol–water partition coefficient (Wildman–Crippen LogP) is 4.21. The normalized spacial score (nSPS) is 20.1. The lowest BCUT2D eigenvalue weighted by Gasteiger charge is -2.47. The molecule has 2 aromatic rings. The summed E-state index contributed by atoms with van der Waals surface area (Å²) in [6.45, 7) is 8.29. The van der Waals surface area contributed by atoms with E-state index in [1.807, 2.05) is 35.2 Å². The molecular formula is C24H30N2O2. The molecule has 0 radical (unpaired) electrons. The molecule has 0 aromatic heterocycles. The van der Waals surface area contributed by atoms with Gasteiger partial charge in [0, 0.05) is 25.3 Å². The zero-order valence-electron chi connectivity index (χ0n) is 16.9. The summed E-state index contributed by atoms with van der Waals surface area (Å²) in [4.78, 5) is 16.8. The molecule has 2 aliphatic rings. The summed E-state index contributed by atoms with van der Waals surface area (Å²) in [7, 11) is 0. The van der Waals surface area contributed by atoms with Crippen LogP contribution in [-0.2, 0) is 16.1 Å². The number of piperidine rings is 1. The van der Waals surface area contributed by atoms with Gasteiger partial charge in [-0.3, -0.25) is 9.69 Å². The van der Waals surface area contributed by atoms with Crippen LogP contribution in [0.3, 0.4) is 0 Å². The molecule has 148 valence electrons. The molecule has 2 heterocycles. The molecule has 0 atom stereocenters. The Kier molecular flexibility index (Phi) is 5.51. The van der Waals surface area contributed by atoms with Gasteiger partial charge < -0.3 is 9.64 Å². The van der Waals surface area contributed by atoms with Gasteiger partial charge in [-0.2, -0.15) is 0 Å². The maximum Gasteiger partial charge on any atom is 0.253 e. The zero-order valence-corrected chi connectivity index (χ0v) is 16.9. The standard InChI is InChI=1S/C24H30N2O2/c1-19(2)21-10-8-20(9-11-21)16-25-14-12-24(13-15-25)18-26(23(27)17-28-24)22-6-4-3-5-7-22/h3-11,19H,12-18H2,1-2H3. The van der Waals surface area contributed by atoms with Crippen LogP contribution in [0.2, 0.25) is 0 Å². The molecule has 1 amide bonds. The van der Waals surface area contributed by atoms with Crippen molar-refractivity contribution < 1.29 is 9.53 Å². The van der Waals surface area contributed by atoms with Gasteiger partial charge in [0.1, 0.15) is 6.61 Å². The van der Waals surface area contributed by atoms with Gasteiger partial charge in [0.15, 0.2) is 0 Å². The number of para-hydroxylation sites is 1. The molecular weight excluding hydrogens is 348 g/mol. The Morgan fingerprint density at radius 1 is 1.00 bits per heavy atom. The molecule has 1 spiro atoms. The first kappa shape index (κ1) is 19.2. The minimum Gasteiger partial charge on any atom is -0.363 e. The Labute approximate surface area is 168 Å². The van der Waals surface area contributed by atoms with Crippen molar-refractivity contribution in [3.63, 3.8) is 0 Å². The fourth-order valence-electron chi connectivity index (χ4n) is 4.25. The van der Waals surface area contributed by atoms with Crippen molar-refractivity contribution in [2.24, 2.45) is 0 Å². The topological polar surface area (TPSA) is 32.8 Å². The minimum atomic E-state index is -0.207. The molecule has 4 heteroatoms. The highest BCUT2D eigenvalue weighted by molar-refractivity contribution is 5.95. The van der Waals surface area contributed by atoms with Crippen LogP contribution in [0.1, 0.15) is 43.7 Å². The van der Waals surface area contributed by atoms with E-state index in [1.165, 1.54) is 11.1 Å². The molecule has 2 fully saturated rings. The number of likely N-dealkylation sites (tertiary alicyclic amines) is 1. The number of anilines is 1. The van der Waals surface area contributed by atoms with E-state index in [4.69, 9.17) is 4.74 Å². The monoisotopic (exact) mass is 378 g/mol. The molecule has 0 unspecified atom stereocenters. The van der Waals surface area contributed by atoms with E-state index in [9.17, 15) is 4.79 Å². The van der Waals surface area contributed by atoms with Crippen molar-refractivity contribution in [1.82, 2.24) is 4.90 Å². The lowest BCUT2D eigenvalue weighted by atomic mass is 9.88. The maximum atomic E-state index is 12.4. The molecule has 0 aliphatic carbocycles. The number of morpholine rings is 1. The molecule has 0 N–H and O–H groups in total. The fourth-order valence-corrected chi connectivity index (χ4v) is 4.25. The zero-order chi connectivity index (χ0) is 19.6. The van der Waals surface area contributed by atoms with Crippen LogP contribution in [-0.4, -0.2) is 42.6 Å². The second-order valence-electron chi connectivity index (χ2n) is 8.46. The molecule has 2 aliphatic heterocycles. The van der Waals surface area contributed by atoms with E-state index >= 15 is 0 Å². The van der Waals surface area contributed by atoms with Crippen LogP contribution >= 0.6 is 0 Å². The Morgan fingerprint density at radius 3 is 2.32 bits per heavy atom. The van der Waals surface area contributed by atoms with Crippen molar-refractivity contribution >= 4 is 11.6 Å². The van der Waals surface area contributed by atoms with E-state index in [0.717, 1.165) is 38.2 Å². The number of hydrogen-bond donors (Lipinski definition) is 0. The van der Waals surface area contributed by atoms with Crippen LogP contribution < -0.4 is 4.90 Å². The van der Waals surface area contributed by atoms with Crippen LogP contribution in [0.4, 0.5) is 5.69 Å². The third kappa shape index (κ3) is 4.13. The lowest BCUT2D eigenvalue weighted by Crippen LogP contribution is -2.58. The van der Waals surface area contributed by atoms with Gasteiger partial charge in [0.2, 0.25) is 0 Å². The molecule has 2 saturated heterocycles. The van der Waals surface area contributed by atoms with Gasteiger partial charge in [-0.1, -0.05) is 56.3 Å². The lowest BCUT2D eigenvalue weighted by molar-refractivity contribution is -0.144. The van der Waals surface area contributed by atoms with E-state index in [1.54, 1.807) is 0 Å². The number of ether oxygens (including phenoxy) is 1. The first-order valence-electron chi connectivity index (χ1n) is 10.4. The number of hydrogen-bond acceptors (Lipinski definition) is 3. The first-order valence-corrected chi connectivity index (χ1v) is 10.4. The number of benzene rings is 2. The van der Waals surface area contributed by atoms with Crippen molar-refractivity contribution in [3.05, 3.63) is 65.7 Å². The van der Waals surface area contributed by atoms with Crippen LogP contribution in [0.25, 0.3) is 0 Å². The summed E-state index contributed by atoms with van der Waals surface area (Å²) in [6.07, 6.45) is 1.93. The van der Waals surface area contributed by atoms with Crippen LogP contribution in [0.5, 0.6) is 0 Å². The molecule has 4 nitrogen and oxygen atoms in total. The molecule has 28 heavy (non-hydrogen) atoms. The van der Waals surface area contributed by atoms with E-state index < -0.39 is 0 Å². The third-order valence-corrected chi connectivity index (χ3v) is 6.14. The predicted molar refractivity (Wildman–Crippen MR) is 113 cm³/mol.